The lowest BCUT2D eigenvalue weighted by atomic mass is 10.1. The molecule has 0 bridgehead atoms. The summed E-state index contributed by atoms with van der Waals surface area (Å²) in [5.74, 6) is 1.92. The molecule has 2 aromatic heterocycles. The van der Waals surface area contributed by atoms with Gasteiger partial charge in [0.05, 0.1) is 0 Å². The molecule has 2 heterocycles. The van der Waals surface area contributed by atoms with Gasteiger partial charge in [-0.1, -0.05) is 35.0 Å². The first-order valence-electron chi connectivity index (χ1n) is 8.38. The van der Waals surface area contributed by atoms with Crippen LogP contribution in [-0.4, -0.2) is 20.3 Å². The Morgan fingerprint density at radius 1 is 0.846 bits per heavy atom. The van der Waals surface area contributed by atoms with Crippen molar-refractivity contribution in [3.8, 4) is 22.8 Å². The van der Waals surface area contributed by atoms with Gasteiger partial charge in [0.1, 0.15) is 6.42 Å². The third kappa shape index (κ3) is 3.26. The summed E-state index contributed by atoms with van der Waals surface area (Å²) in [6.45, 7) is 6.15. The van der Waals surface area contributed by atoms with Crippen LogP contribution in [0.25, 0.3) is 22.8 Å². The van der Waals surface area contributed by atoms with Gasteiger partial charge in [-0.25, -0.2) is 0 Å². The van der Waals surface area contributed by atoms with Crippen LogP contribution in [0.1, 0.15) is 28.5 Å². The van der Waals surface area contributed by atoms with Gasteiger partial charge in [-0.3, -0.25) is 0 Å². The third-order valence-electron chi connectivity index (χ3n) is 4.27. The smallest absolute Gasteiger partial charge is 0.247 e. The van der Waals surface area contributed by atoms with E-state index in [0.717, 1.165) is 16.7 Å². The minimum Gasteiger partial charge on any atom is -0.420 e. The molecule has 0 amide bonds. The number of benzene rings is 2. The van der Waals surface area contributed by atoms with Gasteiger partial charge in [-0.2, -0.15) is 4.98 Å². The highest BCUT2D eigenvalue weighted by Gasteiger charge is 2.14. The highest BCUT2D eigenvalue weighted by atomic mass is 16.5. The summed E-state index contributed by atoms with van der Waals surface area (Å²) in [5, 5.41) is 12.2. The second-order valence-electron chi connectivity index (χ2n) is 6.36. The van der Waals surface area contributed by atoms with E-state index in [9.17, 15) is 0 Å². The van der Waals surface area contributed by atoms with Crippen LogP contribution in [0.4, 0.5) is 0 Å². The molecule has 0 unspecified atom stereocenters. The predicted octanol–water partition coefficient (Wildman–Crippen LogP) is 4.30. The van der Waals surface area contributed by atoms with E-state index in [-0.39, 0.29) is 0 Å². The molecule has 2 aromatic carbocycles. The number of rotatable bonds is 4. The monoisotopic (exact) mass is 346 g/mol. The Hall–Kier alpha value is -3.28. The first-order chi connectivity index (χ1) is 12.6. The molecule has 6 heteroatoms. The number of hydrogen-bond acceptors (Lipinski definition) is 6. The quantitative estimate of drug-likeness (QED) is 0.548. The lowest BCUT2D eigenvalue weighted by Crippen LogP contribution is -1.89. The molecular formula is C20H18N4O2. The molecule has 0 fully saturated rings. The molecule has 4 aromatic rings. The number of nitrogens with zero attached hydrogens (tertiary/aromatic N) is 4. The maximum Gasteiger partial charge on any atom is 0.247 e. The molecule has 6 nitrogen and oxygen atoms in total. The summed E-state index contributed by atoms with van der Waals surface area (Å²) in [4.78, 5) is 4.42. The Kier molecular flexibility index (Phi) is 4.08. The van der Waals surface area contributed by atoms with E-state index < -0.39 is 0 Å². The normalized spacial score (nSPS) is 11.0. The van der Waals surface area contributed by atoms with Crippen molar-refractivity contribution in [3.63, 3.8) is 0 Å². The standard InChI is InChI=1S/C20H18N4O2/c1-12-5-4-6-15(9-12)19-21-17(26-24-19)11-18-22-23-20(25-18)16-8-7-13(2)14(3)10-16/h4-10H,11H2,1-3H3. The minimum atomic E-state index is 0.302. The topological polar surface area (TPSA) is 77.8 Å². The molecule has 0 spiro atoms. The largest absolute Gasteiger partial charge is 0.420 e. The van der Waals surface area contributed by atoms with Crippen molar-refractivity contribution < 1.29 is 8.94 Å². The van der Waals surface area contributed by atoms with Crippen LogP contribution >= 0.6 is 0 Å². The summed E-state index contributed by atoms with van der Waals surface area (Å²) in [5.41, 5.74) is 5.37. The van der Waals surface area contributed by atoms with Gasteiger partial charge in [-0.15, -0.1) is 10.2 Å². The molecule has 0 atom stereocenters. The van der Waals surface area contributed by atoms with E-state index in [1.54, 1.807) is 0 Å². The van der Waals surface area contributed by atoms with Crippen LogP contribution in [0.15, 0.2) is 51.4 Å². The molecule has 0 saturated heterocycles. The molecule has 130 valence electrons. The molecule has 0 aliphatic heterocycles. The minimum absolute atomic E-state index is 0.302. The summed E-state index contributed by atoms with van der Waals surface area (Å²) in [6.07, 6.45) is 0.302. The van der Waals surface area contributed by atoms with Crippen LogP contribution in [0.5, 0.6) is 0 Å². The van der Waals surface area contributed by atoms with E-state index in [2.05, 4.69) is 34.2 Å². The zero-order valence-corrected chi connectivity index (χ0v) is 14.9. The highest BCUT2D eigenvalue weighted by Crippen LogP contribution is 2.22. The van der Waals surface area contributed by atoms with Crippen LogP contribution in [0.2, 0.25) is 0 Å². The molecule has 26 heavy (non-hydrogen) atoms. The van der Waals surface area contributed by atoms with E-state index in [0.29, 0.717) is 29.9 Å². The van der Waals surface area contributed by atoms with Crippen molar-refractivity contribution in [1.29, 1.82) is 0 Å². The average molecular weight is 346 g/mol. The molecule has 0 radical (unpaired) electrons. The van der Waals surface area contributed by atoms with Crippen molar-refractivity contribution >= 4 is 0 Å². The molecule has 0 aliphatic carbocycles. The fourth-order valence-electron chi connectivity index (χ4n) is 2.67. The number of aromatic nitrogens is 4. The van der Waals surface area contributed by atoms with Gasteiger partial charge < -0.3 is 8.94 Å². The van der Waals surface area contributed by atoms with Crippen molar-refractivity contribution in [3.05, 3.63) is 70.9 Å². The maximum absolute atomic E-state index is 5.75. The van der Waals surface area contributed by atoms with Crippen LogP contribution < -0.4 is 0 Å². The van der Waals surface area contributed by atoms with Crippen molar-refractivity contribution in [2.75, 3.05) is 0 Å². The van der Waals surface area contributed by atoms with Crippen LogP contribution in [-0.2, 0) is 6.42 Å². The van der Waals surface area contributed by atoms with Crippen LogP contribution in [0.3, 0.4) is 0 Å². The zero-order valence-electron chi connectivity index (χ0n) is 14.9. The Morgan fingerprint density at radius 3 is 2.54 bits per heavy atom. The molecule has 4 rings (SSSR count). The van der Waals surface area contributed by atoms with Gasteiger partial charge in [0.2, 0.25) is 23.5 Å². The zero-order chi connectivity index (χ0) is 18.1. The third-order valence-corrected chi connectivity index (χ3v) is 4.27. The first kappa shape index (κ1) is 16.2. The van der Waals surface area contributed by atoms with E-state index in [1.807, 2.05) is 49.4 Å². The Morgan fingerprint density at radius 2 is 1.73 bits per heavy atom. The summed E-state index contributed by atoms with van der Waals surface area (Å²) < 4.78 is 11.1. The average Bonchev–Trinajstić information content (AvgIpc) is 3.28. The molecule has 0 aliphatic rings. The fraction of sp³-hybridized carbons (Fsp3) is 0.200. The Balaban J connectivity index is 1.53. The number of aryl methyl sites for hydroxylation is 3. The lowest BCUT2D eigenvalue weighted by molar-refractivity contribution is 0.374. The molecule has 0 N–H and O–H groups in total. The molecule has 0 saturated carbocycles. The fourth-order valence-corrected chi connectivity index (χ4v) is 2.67. The van der Waals surface area contributed by atoms with E-state index >= 15 is 0 Å². The summed E-state index contributed by atoms with van der Waals surface area (Å²) in [6, 6.07) is 14.0. The second kappa shape index (κ2) is 6.55. The van der Waals surface area contributed by atoms with Gasteiger partial charge in [0, 0.05) is 11.1 Å². The lowest BCUT2D eigenvalue weighted by Gasteiger charge is -2.00. The first-order valence-corrected chi connectivity index (χ1v) is 8.38. The SMILES string of the molecule is Cc1cccc(-c2noc(Cc3nnc(-c4ccc(C)c(C)c4)o3)n2)c1. The van der Waals surface area contributed by atoms with Gasteiger partial charge in [0.15, 0.2) is 0 Å². The Bertz CT molecular complexity index is 1070. The number of hydrogen-bond donors (Lipinski definition) is 0. The van der Waals surface area contributed by atoms with Crippen LogP contribution in [0, 0.1) is 20.8 Å². The summed E-state index contributed by atoms with van der Waals surface area (Å²) >= 11 is 0. The molecular weight excluding hydrogens is 328 g/mol. The predicted molar refractivity (Wildman–Crippen MR) is 96.5 cm³/mol. The van der Waals surface area contributed by atoms with E-state index in [1.165, 1.54) is 11.1 Å². The maximum atomic E-state index is 5.75. The van der Waals surface area contributed by atoms with E-state index in [4.69, 9.17) is 8.94 Å². The Labute approximate surface area is 150 Å². The highest BCUT2D eigenvalue weighted by molar-refractivity contribution is 5.56. The van der Waals surface area contributed by atoms with Crippen molar-refractivity contribution in [2.45, 2.75) is 27.2 Å². The van der Waals surface area contributed by atoms with Gasteiger partial charge >= 0.3 is 0 Å². The van der Waals surface area contributed by atoms with Crippen molar-refractivity contribution in [1.82, 2.24) is 20.3 Å². The van der Waals surface area contributed by atoms with Gasteiger partial charge in [0.25, 0.3) is 0 Å². The van der Waals surface area contributed by atoms with Gasteiger partial charge in [-0.05, 0) is 50.1 Å². The summed E-state index contributed by atoms with van der Waals surface area (Å²) in [7, 11) is 0. The second-order valence-corrected chi connectivity index (χ2v) is 6.36. The van der Waals surface area contributed by atoms with Crippen molar-refractivity contribution in [2.24, 2.45) is 0 Å².